The molecule has 7 nitrogen and oxygen atoms in total. The molecule has 3 fully saturated rings. The van der Waals surface area contributed by atoms with Gasteiger partial charge in [-0.05, 0) is 81.8 Å². The molecule has 32 heavy (non-hydrogen) atoms. The normalized spacial score (nSPS) is 23.4. The zero-order valence-corrected chi connectivity index (χ0v) is 20.5. The van der Waals surface area contributed by atoms with Gasteiger partial charge in [0.25, 0.3) is 0 Å². The van der Waals surface area contributed by atoms with Gasteiger partial charge >= 0.3 is 0 Å². The lowest BCUT2D eigenvalue weighted by molar-refractivity contribution is 0.161. The van der Waals surface area contributed by atoms with Crippen molar-refractivity contribution in [2.45, 2.75) is 80.0 Å². The van der Waals surface area contributed by atoms with Gasteiger partial charge in [0.05, 0.1) is 9.79 Å². The van der Waals surface area contributed by atoms with Crippen molar-refractivity contribution in [3.63, 3.8) is 0 Å². The molecule has 0 spiro atoms. The molecular weight excluding hydrogens is 446 g/mol. The van der Waals surface area contributed by atoms with E-state index in [4.69, 9.17) is 0 Å². The van der Waals surface area contributed by atoms with Crippen molar-refractivity contribution in [2.75, 3.05) is 32.7 Å². The van der Waals surface area contributed by atoms with Crippen molar-refractivity contribution in [3.05, 3.63) is 24.3 Å². The number of hydrogen-bond donors (Lipinski definition) is 1. The third-order valence-corrected chi connectivity index (χ3v) is 10.7. The lowest BCUT2D eigenvalue weighted by Gasteiger charge is -2.35. The van der Waals surface area contributed by atoms with E-state index >= 15 is 0 Å². The van der Waals surface area contributed by atoms with Gasteiger partial charge in [0.2, 0.25) is 20.0 Å². The molecule has 1 saturated carbocycles. The molecule has 0 unspecified atom stereocenters. The van der Waals surface area contributed by atoms with Crippen molar-refractivity contribution in [1.82, 2.24) is 13.9 Å². The predicted molar refractivity (Wildman–Crippen MR) is 125 cm³/mol. The van der Waals surface area contributed by atoms with Crippen LogP contribution < -0.4 is 4.72 Å². The molecular formula is C23H37N3O4S2. The Morgan fingerprint density at radius 2 is 1.28 bits per heavy atom. The predicted octanol–water partition coefficient (Wildman–Crippen LogP) is 3.18. The van der Waals surface area contributed by atoms with Gasteiger partial charge < -0.3 is 4.90 Å². The Kier molecular flexibility index (Phi) is 7.93. The number of nitrogens with zero attached hydrogens (tertiary/aromatic N) is 2. The Hall–Kier alpha value is -1.00. The van der Waals surface area contributed by atoms with Crippen molar-refractivity contribution in [2.24, 2.45) is 5.92 Å². The molecule has 0 atom stereocenters. The minimum Gasteiger partial charge on any atom is -0.303 e. The number of benzene rings is 1. The number of sulfonamides is 2. The first-order valence-corrected chi connectivity index (χ1v) is 15.1. The smallest absolute Gasteiger partial charge is 0.243 e. The molecule has 180 valence electrons. The summed E-state index contributed by atoms with van der Waals surface area (Å²) in [5, 5.41) is 0. The van der Waals surface area contributed by atoms with Crippen LogP contribution in [0.15, 0.2) is 34.1 Å². The highest BCUT2D eigenvalue weighted by atomic mass is 32.2. The van der Waals surface area contributed by atoms with Crippen LogP contribution in [0, 0.1) is 5.92 Å². The van der Waals surface area contributed by atoms with Gasteiger partial charge in [0, 0.05) is 25.7 Å². The van der Waals surface area contributed by atoms with Crippen molar-refractivity contribution in [3.8, 4) is 0 Å². The van der Waals surface area contributed by atoms with E-state index in [2.05, 4.69) is 9.62 Å². The molecule has 1 aromatic rings. The van der Waals surface area contributed by atoms with E-state index in [-0.39, 0.29) is 15.8 Å². The van der Waals surface area contributed by atoms with E-state index in [1.54, 1.807) is 0 Å². The van der Waals surface area contributed by atoms with Crippen LogP contribution >= 0.6 is 0 Å². The molecule has 4 rings (SSSR count). The summed E-state index contributed by atoms with van der Waals surface area (Å²) in [7, 11) is -7.23. The third-order valence-electron chi connectivity index (χ3n) is 7.24. The van der Waals surface area contributed by atoms with Crippen LogP contribution in [0.25, 0.3) is 0 Å². The summed E-state index contributed by atoms with van der Waals surface area (Å²) in [6.07, 6.45) is 11.1. The number of nitrogens with one attached hydrogen (secondary N) is 1. The van der Waals surface area contributed by atoms with Crippen LogP contribution in [0.4, 0.5) is 0 Å². The Morgan fingerprint density at radius 3 is 1.91 bits per heavy atom. The van der Waals surface area contributed by atoms with Gasteiger partial charge in [-0.15, -0.1) is 0 Å². The number of piperidine rings is 2. The molecule has 2 aliphatic heterocycles. The molecule has 2 saturated heterocycles. The Labute approximate surface area is 193 Å². The Morgan fingerprint density at radius 1 is 0.719 bits per heavy atom. The van der Waals surface area contributed by atoms with Crippen molar-refractivity contribution in [1.29, 1.82) is 0 Å². The lowest BCUT2D eigenvalue weighted by atomic mass is 9.88. The van der Waals surface area contributed by atoms with Crippen LogP contribution in [0.5, 0.6) is 0 Å². The zero-order valence-electron chi connectivity index (χ0n) is 18.9. The number of rotatable bonds is 7. The van der Waals surface area contributed by atoms with Gasteiger partial charge in [-0.2, -0.15) is 4.31 Å². The quantitative estimate of drug-likeness (QED) is 0.644. The first kappa shape index (κ1) is 24.1. The summed E-state index contributed by atoms with van der Waals surface area (Å²) in [5.74, 6) is 0.803. The van der Waals surface area contributed by atoms with Gasteiger partial charge in [-0.1, -0.05) is 25.7 Å². The number of hydrogen-bond acceptors (Lipinski definition) is 5. The van der Waals surface area contributed by atoms with E-state index in [9.17, 15) is 16.8 Å². The molecule has 1 aliphatic carbocycles. The summed E-state index contributed by atoms with van der Waals surface area (Å²) < 4.78 is 55.7. The standard InChI is InChI=1S/C23H37N3O4S2/c27-31(28,24-21-13-17-25(18-14-21)19-20-7-3-1-4-8-20)22-9-11-23(12-10-22)32(29,30)26-15-5-2-6-16-26/h9-12,20-21,24H,1-8,13-19H2. The highest BCUT2D eigenvalue weighted by Crippen LogP contribution is 2.26. The average Bonchev–Trinajstić information content (AvgIpc) is 2.81. The molecule has 9 heteroatoms. The fraction of sp³-hybridized carbons (Fsp3) is 0.739. The maximum Gasteiger partial charge on any atom is 0.243 e. The monoisotopic (exact) mass is 483 g/mol. The van der Waals surface area contributed by atoms with Crippen LogP contribution in [0.1, 0.15) is 64.2 Å². The van der Waals surface area contributed by atoms with Gasteiger partial charge in [0.1, 0.15) is 0 Å². The zero-order chi connectivity index (χ0) is 22.6. The molecule has 0 aromatic heterocycles. The number of likely N-dealkylation sites (tertiary alicyclic amines) is 1. The first-order chi connectivity index (χ1) is 15.3. The van der Waals surface area contributed by atoms with Crippen LogP contribution in [0.3, 0.4) is 0 Å². The molecule has 1 N–H and O–H groups in total. The molecule has 0 amide bonds. The van der Waals surface area contributed by atoms with E-state index in [1.165, 1.54) is 60.7 Å². The van der Waals surface area contributed by atoms with Crippen LogP contribution in [-0.2, 0) is 20.0 Å². The Balaban J connectivity index is 1.32. The lowest BCUT2D eigenvalue weighted by Crippen LogP contribution is -2.45. The molecule has 1 aromatic carbocycles. The maximum absolute atomic E-state index is 12.9. The minimum atomic E-state index is -3.67. The Bertz CT molecular complexity index is 943. The average molecular weight is 484 g/mol. The first-order valence-electron chi connectivity index (χ1n) is 12.2. The van der Waals surface area contributed by atoms with E-state index < -0.39 is 20.0 Å². The summed E-state index contributed by atoms with van der Waals surface area (Å²) in [5.41, 5.74) is 0. The second kappa shape index (κ2) is 10.5. The topological polar surface area (TPSA) is 86.8 Å². The largest absolute Gasteiger partial charge is 0.303 e. The summed E-state index contributed by atoms with van der Waals surface area (Å²) in [6.45, 7) is 4.06. The highest BCUT2D eigenvalue weighted by Gasteiger charge is 2.28. The summed E-state index contributed by atoms with van der Waals surface area (Å²) in [4.78, 5) is 2.77. The SMILES string of the molecule is O=S(=O)(NC1CCN(CC2CCCCC2)CC1)c1ccc(S(=O)(=O)N2CCCCC2)cc1. The fourth-order valence-corrected chi connectivity index (χ4v) is 8.12. The highest BCUT2D eigenvalue weighted by molar-refractivity contribution is 7.89. The molecule has 2 heterocycles. The van der Waals surface area contributed by atoms with Crippen molar-refractivity contribution >= 4 is 20.0 Å². The van der Waals surface area contributed by atoms with Gasteiger partial charge in [-0.3, -0.25) is 0 Å². The summed E-state index contributed by atoms with van der Waals surface area (Å²) in [6, 6.07) is 5.60. The second-order valence-electron chi connectivity index (χ2n) is 9.64. The van der Waals surface area contributed by atoms with Crippen molar-refractivity contribution < 1.29 is 16.8 Å². The fourth-order valence-electron chi connectivity index (χ4n) is 5.30. The summed E-state index contributed by atoms with van der Waals surface area (Å²) >= 11 is 0. The van der Waals surface area contributed by atoms with Crippen LogP contribution in [-0.4, -0.2) is 64.8 Å². The minimum absolute atomic E-state index is 0.0700. The molecule has 0 radical (unpaired) electrons. The van der Waals surface area contributed by atoms with Gasteiger partial charge in [-0.25, -0.2) is 21.6 Å². The third kappa shape index (κ3) is 5.91. The maximum atomic E-state index is 12.9. The van der Waals surface area contributed by atoms with Crippen LogP contribution in [0.2, 0.25) is 0 Å². The van der Waals surface area contributed by atoms with E-state index in [1.807, 2.05) is 0 Å². The van der Waals surface area contributed by atoms with Gasteiger partial charge in [0.15, 0.2) is 0 Å². The van der Waals surface area contributed by atoms with E-state index in [0.29, 0.717) is 13.1 Å². The molecule has 0 bridgehead atoms. The van der Waals surface area contributed by atoms with E-state index in [0.717, 1.165) is 57.7 Å². The second-order valence-corrected chi connectivity index (χ2v) is 13.3. The molecule has 3 aliphatic rings.